The maximum absolute atomic E-state index is 13.7. The Bertz CT molecular complexity index is 543. The van der Waals surface area contributed by atoms with E-state index in [1.165, 1.54) is 6.07 Å². The molecule has 1 aromatic rings. The molecule has 0 radical (unpaired) electrons. The van der Waals surface area contributed by atoms with E-state index < -0.39 is 17.6 Å². The fraction of sp³-hybridized carbons (Fsp3) is 0.533. The van der Waals surface area contributed by atoms with Crippen molar-refractivity contribution in [2.24, 2.45) is 11.3 Å². The Morgan fingerprint density at radius 1 is 1.40 bits per heavy atom. The fourth-order valence-electron chi connectivity index (χ4n) is 3.58. The van der Waals surface area contributed by atoms with Gasteiger partial charge in [0.15, 0.2) is 0 Å². The van der Waals surface area contributed by atoms with Gasteiger partial charge in [-0.3, -0.25) is 9.69 Å². The van der Waals surface area contributed by atoms with E-state index >= 15 is 0 Å². The number of nitrogens with zero attached hydrogens (tertiary/aromatic N) is 1. The average Bonchev–Trinajstić information content (AvgIpc) is 2.73. The predicted octanol–water partition coefficient (Wildman–Crippen LogP) is 2.65. The average molecular weight is 281 g/mol. The zero-order valence-corrected chi connectivity index (χ0v) is 11.1. The molecule has 1 atom stereocenters. The van der Waals surface area contributed by atoms with Gasteiger partial charge in [0.25, 0.3) is 0 Å². The van der Waals surface area contributed by atoms with Crippen molar-refractivity contribution in [2.75, 3.05) is 13.1 Å². The van der Waals surface area contributed by atoms with E-state index in [9.17, 15) is 18.7 Å². The van der Waals surface area contributed by atoms with E-state index in [2.05, 4.69) is 0 Å². The first-order valence-electron chi connectivity index (χ1n) is 6.89. The summed E-state index contributed by atoms with van der Waals surface area (Å²) in [6.07, 6.45) is 2.91. The molecule has 1 aromatic carbocycles. The normalized spacial score (nSPS) is 24.8. The summed E-state index contributed by atoms with van der Waals surface area (Å²) in [6, 6.07) is 3.40. The third-order valence-electron chi connectivity index (χ3n) is 4.77. The molecule has 108 valence electrons. The molecule has 1 N–H and O–H groups in total. The van der Waals surface area contributed by atoms with Crippen molar-refractivity contribution in [3.05, 3.63) is 35.4 Å². The van der Waals surface area contributed by atoms with Crippen molar-refractivity contribution < 1.29 is 18.7 Å². The molecule has 0 bridgehead atoms. The smallest absolute Gasteiger partial charge is 0.308 e. The van der Waals surface area contributed by atoms with Crippen LogP contribution in [0.1, 0.15) is 24.8 Å². The number of rotatable bonds is 3. The molecular formula is C15H17F2NO2. The first-order chi connectivity index (χ1) is 9.50. The Morgan fingerprint density at radius 2 is 2.15 bits per heavy atom. The van der Waals surface area contributed by atoms with Crippen molar-refractivity contribution >= 4 is 5.97 Å². The number of carboxylic acid groups (broad SMARTS) is 1. The van der Waals surface area contributed by atoms with Crippen LogP contribution in [-0.4, -0.2) is 29.1 Å². The van der Waals surface area contributed by atoms with Crippen LogP contribution in [0.15, 0.2) is 18.2 Å². The van der Waals surface area contributed by atoms with Crippen LogP contribution >= 0.6 is 0 Å². The summed E-state index contributed by atoms with van der Waals surface area (Å²) < 4.78 is 26.8. The lowest BCUT2D eigenvalue weighted by atomic mass is 9.63. The maximum Gasteiger partial charge on any atom is 0.308 e. The number of carboxylic acids is 1. The monoisotopic (exact) mass is 281 g/mol. The number of benzene rings is 1. The first-order valence-corrected chi connectivity index (χ1v) is 6.89. The van der Waals surface area contributed by atoms with Crippen LogP contribution in [0, 0.1) is 23.0 Å². The summed E-state index contributed by atoms with van der Waals surface area (Å²) in [4.78, 5) is 13.3. The van der Waals surface area contributed by atoms with Crippen molar-refractivity contribution in [2.45, 2.75) is 25.8 Å². The minimum Gasteiger partial charge on any atom is -0.481 e. The van der Waals surface area contributed by atoms with Gasteiger partial charge in [-0.05, 0) is 36.5 Å². The topological polar surface area (TPSA) is 40.5 Å². The quantitative estimate of drug-likeness (QED) is 0.926. The van der Waals surface area contributed by atoms with E-state index in [0.717, 1.165) is 31.4 Å². The molecule has 1 heterocycles. The lowest BCUT2D eigenvalue weighted by molar-refractivity contribution is -0.146. The van der Waals surface area contributed by atoms with E-state index in [4.69, 9.17) is 0 Å². The van der Waals surface area contributed by atoms with Crippen LogP contribution in [0.3, 0.4) is 0 Å². The highest BCUT2D eigenvalue weighted by molar-refractivity contribution is 5.72. The Kier molecular flexibility index (Phi) is 3.24. The van der Waals surface area contributed by atoms with Gasteiger partial charge < -0.3 is 5.11 Å². The summed E-state index contributed by atoms with van der Waals surface area (Å²) in [7, 11) is 0. The number of aliphatic carboxylic acids is 1. The van der Waals surface area contributed by atoms with Gasteiger partial charge in [-0.15, -0.1) is 0 Å². The number of hydrogen-bond acceptors (Lipinski definition) is 2. The van der Waals surface area contributed by atoms with Gasteiger partial charge in [-0.25, -0.2) is 8.78 Å². The van der Waals surface area contributed by atoms with E-state index in [1.54, 1.807) is 0 Å². The molecule has 2 fully saturated rings. The SMILES string of the molecule is O=C(O)C1CN(Cc2cc(F)ccc2F)CC12CCC2. The molecule has 1 unspecified atom stereocenters. The fourth-order valence-corrected chi connectivity index (χ4v) is 3.58. The molecule has 1 aliphatic carbocycles. The predicted molar refractivity (Wildman–Crippen MR) is 69.0 cm³/mol. The number of likely N-dealkylation sites (tertiary alicyclic amines) is 1. The second kappa shape index (κ2) is 4.81. The van der Waals surface area contributed by atoms with Crippen LogP contribution in [0.4, 0.5) is 8.78 Å². The molecular weight excluding hydrogens is 264 g/mol. The second-order valence-electron chi connectivity index (χ2n) is 6.01. The summed E-state index contributed by atoms with van der Waals surface area (Å²) in [6.45, 7) is 1.36. The number of carbonyl (C=O) groups is 1. The van der Waals surface area contributed by atoms with Gasteiger partial charge in [-0.2, -0.15) is 0 Å². The molecule has 3 rings (SSSR count). The van der Waals surface area contributed by atoms with Gasteiger partial charge in [0.1, 0.15) is 11.6 Å². The molecule has 20 heavy (non-hydrogen) atoms. The summed E-state index contributed by atoms with van der Waals surface area (Å²) in [5, 5.41) is 9.34. The minimum atomic E-state index is -0.771. The Labute approximate surface area is 116 Å². The molecule has 1 aliphatic heterocycles. The standard InChI is InChI=1S/C15H17F2NO2/c16-11-2-3-13(17)10(6-11)7-18-8-12(14(19)20)15(9-18)4-1-5-15/h2-3,6,12H,1,4-5,7-9H2,(H,19,20). The molecule has 0 aromatic heterocycles. The first kappa shape index (κ1) is 13.5. The minimum absolute atomic E-state index is 0.143. The molecule has 3 nitrogen and oxygen atoms in total. The highest BCUT2D eigenvalue weighted by Crippen LogP contribution is 2.51. The van der Waals surface area contributed by atoms with Crippen molar-refractivity contribution in [3.63, 3.8) is 0 Å². The Morgan fingerprint density at radius 3 is 2.70 bits per heavy atom. The maximum atomic E-state index is 13.7. The van der Waals surface area contributed by atoms with Crippen LogP contribution in [0.5, 0.6) is 0 Å². The molecule has 1 spiro atoms. The van der Waals surface area contributed by atoms with Crippen molar-refractivity contribution in [1.29, 1.82) is 0 Å². The molecule has 5 heteroatoms. The van der Waals surface area contributed by atoms with Crippen LogP contribution in [0.25, 0.3) is 0 Å². The Balaban J connectivity index is 1.76. The summed E-state index contributed by atoms with van der Waals surface area (Å²) in [5.41, 5.74) is 0.154. The van der Waals surface area contributed by atoms with Crippen molar-refractivity contribution in [1.82, 2.24) is 4.90 Å². The van der Waals surface area contributed by atoms with E-state index in [0.29, 0.717) is 18.7 Å². The van der Waals surface area contributed by atoms with E-state index in [1.807, 2.05) is 4.90 Å². The van der Waals surface area contributed by atoms with Crippen LogP contribution < -0.4 is 0 Å². The number of hydrogen-bond donors (Lipinski definition) is 1. The third kappa shape index (κ3) is 2.20. The lowest BCUT2D eigenvalue weighted by Crippen LogP contribution is -2.40. The number of halogens is 2. The highest BCUT2D eigenvalue weighted by atomic mass is 19.1. The zero-order chi connectivity index (χ0) is 14.3. The van der Waals surface area contributed by atoms with Gasteiger partial charge >= 0.3 is 5.97 Å². The van der Waals surface area contributed by atoms with Crippen LogP contribution in [-0.2, 0) is 11.3 Å². The molecule has 2 aliphatic rings. The lowest BCUT2D eigenvalue weighted by Gasteiger charge is -2.41. The zero-order valence-electron chi connectivity index (χ0n) is 11.1. The summed E-state index contributed by atoms with van der Waals surface area (Å²) in [5.74, 6) is -2.05. The second-order valence-corrected chi connectivity index (χ2v) is 6.01. The summed E-state index contributed by atoms with van der Waals surface area (Å²) >= 11 is 0. The van der Waals surface area contributed by atoms with Crippen molar-refractivity contribution in [3.8, 4) is 0 Å². The molecule has 0 amide bonds. The Hall–Kier alpha value is -1.49. The van der Waals surface area contributed by atoms with Crippen LogP contribution in [0.2, 0.25) is 0 Å². The molecule has 1 saturated carbocycles. The van der Waals surface area contributed by atoms with Gasteiger partial charge in [0.2, 0.25) is 0 Å². The van der Waals surface area contributed by atoms with Gasteiger partial charge in [0, 0.05) is 25.2 Å². The molecule has 1 saturated heterocycles. The highest BCUT2D eigenvalue weighted by Gasteiger charge is 2.53. The van der Waals surface area contributed by atoms with E-state index in [-0.39, 0.29) is 17.9 Å². The van der Waals surface area contributed by atoms with Gasteiger partial charge in [0.05, 0.1) is 5.92 Å². The largest absolute Gasteiger partial charge is 0.481 e. The van der Waals surface area contributed by atoms with Gasteiger partial charge in [-0.1, -0.05) is 6.42 Å². The third-order valence-corrected chi connectivity index (χ3v) is 4.77.